The highest BCUT2D eigenvalue weighted by atomic mass is 32.1. The minimum Gasteiger partial charge on any atom is -0.440 e. The van der Waals surface area contributed by atoms with Crippen LogP contribution in [0.15, 0.2) is 69.9 Å². The van der Waals surface area contributed by atoms with Crippen molar-refractivity contribution in [2.24, 2.45) is 0 Å². The summed E-state index contributed by atoms with van der Waals surface area (Å²) in [6.07, 6.45) is 0. The lowest BCUT2D eigenvalue weighted by atomic mass is 9.97. The number of benzene rings is 3. The van der Waals surface area contributed by atoms with E-state index < -0.39 is 0 Å². The van der Waals surface area contributed by atoms with Crippen molar-refractivity contribution in [3.8, 4) is 11.1 Å². The standard InChI is InChI=1S/C30H31N3O3S/c1-32(2)13-12-31-19-20-10-11-22(30-28(20)24-6-3-4-9-26(24)37-30)21-7-5-8-23-25(34)18-27(36-29(21)23)33-14-16-35-17-15-33/h3-11,18,31H,12-17,19H2,1-2H3. The lowest BCUT2D eigenvalue weighted by Crippen LogP contribution is -2.36. The van der Waals surface area contributed by atoms with Crippen LogP contribution in [0.5, 0.6) is 0 Å². The van der Waals surface area contributed by atoms with E-state index in [0.29, 0.717) is 43.2 Å². The van der Waals surface area contributed by atoms with Gasteiger partial charge in [0, 0.05) is 70.1 Å². The van der Waals surface area contributed by atoms with Gasteiger partial charge in [-0.1, -0.05) is 42.5 Å². The first-order valence-corrected chi connectivity index (χ1v) is 13.6. The van der Waals surface area contributed by atoms with E-state index >= 15 is 0 Å². The van der Waals surface area contributed by atoms with Crippen LogP contribution in [0.4, 0.5) is 5.88 Å². The van der Waals surface area contributed by atoms with Gasteiger partial charge in [0.25, 0.3) is 0 Å². The Balaban J connectivity index is 1.51. The molecule has 1 saturated heterocycles. The molecule has 1 aliphatic rings. The van der Waals surface area contributed by atoms with Gasteiger partial charge in [-0.25, -0.2) is 0 Å². The molecular formula is C30H31N3O3S. The Morgan fingerprint density at radius 1 is 0.973 bits per heavy atom. The molecule has 0 bridgehead atoms. The van der Waals surface area contributed by atoms with Crippen molar-refractivity contribution in [3.63, 3.8) is 0 Å². The van der Waals surface area contributed by atoms with Gasteiger partial charge in [0.15, 0.2) is 11.3 Å². The lowest BCUT2D eigenvalue weighted by Gasteiger charge is -2.27. The maximum absolute atomic E-state index is 13.2. The van der Waals surface area contributed by atoms with Gasteiger partial charge >= 0.3 is 0 Å². The lowest BCUT2D eigenvalue weighted by molar-refractivity contribution is 0.121. The van der Waals surface area contributed by atoms with Crippen molar-refractivity contribution < 1.29 is 9.15 Å². The van der Waals surface area contributed by atoms with Gasteiger partial charge in [0.1, 0.15) is 5.58 Å². The predicted octanol–water partition coefficient (Wildman–Crippen LogP) is 5.32. The molecule has 3 heterocycles. The Hall–Kier alpha value is -3.23. The van der Waals surface area contributed by atoms with Crippen LogP contribution in [0.25, 0.3) is 42.3 Å². The maximum Gasteiger partial charge on any atom is 0.200 e. The van der Waals surface area contributed by atoms with Crippen LogP contribution in [-0.4, -0.2) is 58.4 Å². The molecule has 3 aromatic carbocycles. The minimum absolute atomic E-state index is 0.0149. The monoisotopic (exact) mass is 513 g/mol. The van der Waals surface area contributed by atoms with Gasteiger partial charge in [0.2, 0.25) is 0 Å². The van der Waals surface area contributed by atoms with E-state index in [9.17, 15) is 4.79 Å². The maximum atomic E-state index is 13.2. The summed E-state index contributed by atoms with van der Waals surface area (Å²) in [7, 11) is 4.18. The number of anilines is 1. The molecule has 1 aliphatic heterocycles. The summed E-state index contributed by atoms with van der Waals surface area (Å²) in [5.41, 5.74) is 3.96. The quantitative estimate of drug-likeness (QED) is 0.298. The molecule has 0 atom stereocenters. The topological polar surface area (TPSA) is 58.0 Å². The number of rotatable bonds is 7. The smallest absolute Gasteiger partial charge is 0.200 e. The number of likely N-dealkylation sites (N-methyl/N-ethyl adjacent to an activating group) is 1. The van der Waals surface area contributed by atoms with Gasteiger partial charge in [-0.05, 0) is 31.8 Å². The predicted molar refractivity (Wildman–Crippen MR) is 154 cm³/mol. The van der Waals surface area contributed by atoms with Crippen LogP contribution < -0.4 is 15.6 Å². The Bertz CT molecular complexity index is 1630. The number of nitrogens with zero attached hydrogens (tertiary/aromatic N) is 2. The van der Waals surface area contributed by atoms with Crippen molar-refractivity contribution in [3.05, 3.63) is 76.5 Å². The van der Waals surface area contributed by atoms with Crippen LogP contribution in [-0.2, 0) is 11.3 Å². The molecule has 5 aromatic rings. The molecular weight excluding hydrogens is 482 g/mol. The number of para-hydroxylation sites is 1. The average molecular weight is 514 g/mol. The second-order valence-corrected chi connectivity index (χ2v) is 10.8. The van der Waals surface area contributed by atoms with Gasteiger partial charge in [-0.2, -0.15) is 0 Å². The molecule has 0 amide bonds. The fourth-order valence-corrected chi connectivity index (χ4v) is 6.38. The average Bonchev–Trinajstić information content (AvgIpc) is 3.31. The Labute approximate surface area is 220 Å². The molecule has 0 spiro atoms. The second kappa shape index (κ2) is 10.3. The first-order chi connectivity index (χ1) is 18.1. The van der Waals surface area contributed by atoms with E-state index in [2.05, 4.69) is 71.7 Å². The zero-order valence-electron chi connectivity index (χ0n) is 21.3. The van der Waals surface area contributed by atoms with Crippen LogP contribution in [0.3, 0.4) is 0 Å². The summed E-state index contributed by atoms with van der Waals surface area (Å²) >= 11 is 1.80. The summed E-state index contributed by atoms with van der Waals surface area (Å²) in [6.45, 7) is 5.42. The highest BCUT2D eigenvalue weighted by molar-refractivity contribution is 7.26. The highest BCUT2D eigenvalue weighted by Crippen LogP contribution is 2.43. The van der Waals surface area contributed by atoms with Crippen LogP contribution in [0.2, 0.25) is 0 Å². The number of hydrogen-bond donors (Lipinski definition) is 1. The van der Waals surface area contributed by atoms with E-state index in [0.717, 1.165) is 30.8 Å². The molecule has 2 aromatic heterocycles. The molecule has 0 aliphatic carbocycles. The summed E-state index contributed by atoms with van der Waals surface area (Å²) in [5, 5.41) is 6.76. The molecule has 1 N–H and O–H groups in total. The van der Waals surface area contributed by atoms with Crippen LogP contribution in [0.1, 0.15) is 5.56 Å². The van der Waals surface area contributed by atoms with Gasteiger partial charge in [-0.3, -0.25) is 4.79 Å². The fourth-order valence-electron chi connectivity index (χ4n) is 5.10. The Kier molecular flexibility index (Phi) is 6.69. The molecule has 37 heavy (non-hydrogen) atoms. The zero-order chi connectivity index (χ0) is 25.4. The Morgan fingerprint density at radius 2 is 1.78 bits per heavy atom. The van der Waals surface area contributed by atoms with Crippen molar-refractivity contribution in [2.45, 2.75) is 6.54 Å². The third-order valence-electron chi connectivity index (χ3n) is 7.02. The van der Waals surface area contributed by atoms with Crippen molar-refractivity contribution in [1.29, 1.82) is 0 Å². The number of morpholine rings is 1. The summed E-state index contributed by atoms with van der Waals surface area (Å²) in [5.74, 6) is 0.613. The van der Waals surface area contributed by atoms with Gasteiger partial charge in [-0.15, -0.1) is 11.3 Å². The van der Waals surface area contributed by atoms with Crippen molar-refractivity contribution >= 4 is 48.4 Å². The molecule has 6 rings (SSSR count). The van der Waals surface area contributed by atoms with Gasteiger partial charge < -0.3 is 24.3 Å². The first kappa shape index (κ1) is 24.1. The summed E-state index contributed by atoms with van der Waals surface area (Å²) < 4.78 is 14.5. The molecule has 6 nitrogen and oxygen atoms in total. The van der Waals surface area contributed by atoms with Crippen molar-refractivity contribution in [2.75, 3.05) is 58.4 Å². The molecule has 1 fully saturated rings. The molecule has 190 valence electrons. The highest BCUT2D eigenvalue weighted by Gasteiger charge is 2.20. The van der Waals surface area contributed by atoms with E-state index in [-0.39, 0.29) is 5.43 Å². The fraction of sp³-hybridized carbons (Fsp3) is 0.300. The summed E-state index contributed by atoms with van der Waals surface area (Å²) in [4.78, 5) is 17.4. The third kappa shape index (κ3) is 4.64. The molecule has 0 unspecified atom stereocenters. The number of fused-ring (bicyclic) bond motifs is 4. The number of thiophene rings is 1. The normalized spacial score (nSPS) is 14.4. The van der Waals surface area contributed by atoms with E-state index in [1.165, 1.54) is 25.7 Å². The largest absolute Gasteiger partial charge is 0.440 e. The van der Waals surface area contributed by atoms with E-state index in [1.807, 2.05) is 12.1 Å². The third-order valence-corrected chi connectivity index (χ3v) is 8.22. The molecule has 0 radical (unpaired) electrons. The first-order valence-electron chi connectivity index (χ1n) is 12.8. The zero-order valence-corrected chi connectivity index (χ0v) is 22.1. The van der Waals surface area contributed by atoms with Crippen LogP contribution in [0, 0.1) is 0 Å². The van der Waals surface area contributed by atoms with Gasteiger partial charge in [0.05, 0.1) is 18.6 Å². The SMILES string of the molecule is CN(C)CCNCc1ccc(-c2cccc3c(=O)cc(N4CCOCC4)oc23)c2sc3ccccc3c12. The number of hydrogen-bond acceptors (Lipinski definition) is 7. The van der Waals surface area contributed by atoms with E-state index in [1.54, 1.807) is 17.4 Å². The number of nitrogens with one attached hydrogen (secondary N) is 1. The summed E-state index contributed by atoms with van der Waals surface area (Å²) in [6, 6.07) is 20.5. The second-order valence-electron chi connectivity index (χ2n) is 9.79. The van der Waals surface area contributed by atoms with Crippen molar-refractivity contribution in [1.82, 2.24) is 10.2 Å². The Morgan fingerprint density at radius 3 is 2.62 bits per heavy atom. The minimum atomic E-state index is -0.0149. The number of ether oxygens (including phenoxy) is 1. The molecule has 7 heteroatoms. The van der Waals surface area contributed by atoms with E-state index in [4.69, 9.17) is 9.15 Å². The van der Waals surface area contributed by atoms with Crippen LogP contribution >= 0.6 is 11.3 Å². The molecule has 0 saturated carbocycles.